The van der Waals surface area contributed by atoms with Crippen molar-refractivity contribution in [3.05, 3.63) is 46.2 Å². The zero-order valence-electron chi connectivity index (χ0n) is 13.9. The summed E-state index contributed by atoms with van der Waals surface area (Å²) in [6.07, 6.45) is 1.46. The first-order chi connectivity index (χ1) is 11.3. The number of carbonyl (C=O) groups is 2. The van der Waals surface area contributed by atoms with Gasteiger partial charge in [-0.05, 0) is 45.0 Å². The maximum absolute atomic E-state index is 12.8. The molecule has 2 aromatic rings. The predicted octanol–water partition coefficient (Wildman–Crippen LogP) is 3.27. The molecule has 1 heterocycles. The van der Waals surface area contributed by atoms with Gasteiger partial charge in [0, 0.05) is 17.1 Å². The van der Waals surface area contributed by atoms with E-state index in [1.165, 1.54) is 6.20 Å². The number of nitrogens with zero attached hydrogens (tertiary/aromatic N) is 3. The van der Waals surface area contributed by atoms with Crippen molar-refractivity contribution in [1.29, 1.82) is 0 Å². The maximum atomic E-state index is 12.8. The second-order valence-electron chi connectivity index (χ2n) is 5.77. The highest BCUT2D eigenvalue weighted by atomic mass is 79.9. The van der Waals surface area contributed by atoms with Gasteiger partial charge in [-0.3, -0.25) is 9.59 Å². The van der Waals surface area contributed by atoms with Crippen molar-refractivity contribution in [2.24, 2.45) is 0 Å². The van der Waals surface area contributed by atoms with Crippen LogP contribution in [0.15, 0.2) is 34.9 Å². The lowest BCUT2D eigenvalue weighted by molar-refractivity contribution is -0.137. The van der Waals surface area contributed by atoms with E-state index in [-0.39, 0.29) is 24.9 Å². The van der Waals surface area contributed by atoms with E-state index in [0.29, 0.717) is 5.56 Å². The van der Waals surface area contributed by atoms with E-state index in [1.807, 2.05) is 45.0 Å². The second-order valence-corrected chi connectivity index (χ2v) is 6.68. The number of aromatic nitrogens is 2. The predicted molar refractivity (Wildman–Crippen MR) is 94.4 cm³/mol. The molecule has 2 rings (SSSR count). The summed E-state index contributed by atoms with van der Waals surface area (Å²) in [6, 6.07) is 7.54. The third-order valence-electron chi connectivity index (χ3n) is 3.76. The van der Waals surface area contributed by atoms with Crippen LogP contribution in [-0.2, 0) is 4.79 Å². The molecule has 0 radical (unpaired) electrons. The minimum absolute atomic E-state index is 0.0795. The van der Waals surface area contributed by atoms with Gasteiger partial charge in [0.05, 0.1) is 29.6 Å². The van der Waals surface area contributed by atoms with E-state index in [0.717, 1.165) is 15.9 Å². The average Bonchev–Trinajstić information content (AvgIpc) is 2.89. The fraction of sp³-hybridized carbons (Fsp3) is 0.353. The molecule has 7 heteroatoms. The number of carboxylic acids is 1. The monoisotopic (exact) mass is 393 g/mol. The largest absolute Gasteiger partial charge is 0.481 e. The lowest BCUT2D eigenvalue weighted by atomic mass is 10.2. The summed E-state index contributed by atoms with van der Waals surface area (Å²) in [4.78, 5) is 25.2. The first-order valence-electron chi connectivity index (χ1n) is 7.64. The molecule has 6 nitrogen and oxygen atoms in total. The SMILES string of the molecule is Cc1c(C(=O)N(CCC(=O)O)C(C)C)cnn1-c1ccc(Br)cc1. The van der Waals surface area contributed by atoms with Crippen LogP contribution in [0.5, 0.6) is 0 Å². The van der Waals surface area contributed by atoms with Crippen LogP contribution in [0.3, 0.4) is 0 Å². The highest BCUT2D eigenvalue weighted by molar-refractivity contribution is 9.10. The number of hydrogen-bond acceptors (Lipinski definition) is 3. The molecule has 0 aliphatic heterocycles. The molecular weight excluding hydrogens is 374 g/mol. The molecule has 24 heavy (non-hydrogen) atoms. The second kappa shape index (κ2) is 7.61. The third kappa shape index (κ3) is 4.03. The molecule has 1 N–H and O–H groups in total. The van der Waals surface area contributed by atoms with Crippen molar-refractivity contribution in [3.63, 3.8) is 0 Å². The summed E-state index contributed by atoms with van der Waals surface area (Å²) in [6.45, 7) is 5.75. The van der Waals surface area contributed by atoms with E-state index in [1.54, 1.807) is 9.58 Å². The minimum atomic E-state index is -0.921. The van der Waals surface area contributed by atoms with Crippen LogP contribution >= 0.6 is 15.9 Å². The van der Waals surface area contributed by atoms with Crippen molar-refractivity contribution >= 4 is 27.8 Å². The Kier molecular flexibility index (Phi) is 5.77. The van der Waals surface area contributed by atoms with Crippen LogP contribution < -0.4 is 0 Å². The lowest BCUT2D eigenvalue weighted by Crippen LogP contribution is -2.38. The first kappa shape index (κ1) is 18.2. The van der Waals surface area contributed by atoms with E-state index < -0.39 is 5.97 Å². The average molecular weight is 394 g/mol. The van der Waals surface area contributed by atoms with Crippen molar-refractivity contribution in [1.82, 2.24) is 14.7 Å². The number of hydrogen-bond donors (Lipinski definition) is 1. The zero-order chi connectivity index (χ0) is 17.9. The number of carbonyl (C=O) groups excluding carboxylic acids is 1. The Hall–Kier alpha value is -2.15. The van der Waals surface area contributed by atoms with Gasteiger partial charge in [-0.25, -0.2) is 4.68 Å². The standard InChI is InChI=1S/C17H20BrN3O3/c1-11(2)20(9-8-16(22)23)17(24)15-10-19-21(12(15)3)14-6-4-13(18)5-7-14/h4-7,10-11H,8-9H2,1-3H3,(H,22,23). The minimum Gasteiger partial charge on any atom is -0.481 e. The normalized spacial score (nSPS) is 10.9. The Bertz CT molecular complexity index is 738. The van der Waals surface area contributed by atoms with Gasteiger partial charge < -0.3 is 10.0 Å². The summed E-state index contributed by atoms with van der Waals surface area (Å²) < 4.78 is 2.67. The molecule has 0 bridgehead atoms. The molecule has 1 aromatic heterocycles. The molecule has 1 aromatic carbocycles. The van der Waals surface area contributed by atoms with E-state index in [9.17, 15) is 9.59 Å². The molecule has 0 atom stereocenters. The van der Waals surface area contributed by atoms with Gasteiger partial charge in [0.2, 0.25) is 0 Å². The Morgan fingerprint density at radius 1 is 1.29 bits per heavy atom. The molecule has 0 saturated carbocycles. The molecular formula is C17H20BrN3O3. The smallest absolute Gasteiger partial charge is 0.305 e. The first-order valence-corrected chi connectivity index (χ1v) is 8.44. The van der Waals surface area contributed by atoms with Crippen molar-refractivity contribution in [3.8, 4) is 5.69 Å². The topological polar surface area (TPSA) is 75.4 Å². The maximum Gasteiger partial charge on any atom is 0.305 e. The summed E-state index contributed by atoms with van der Waals surface area (Å²) in [5.74, 6) is -1.12. The number of rotatable bonds is 6. The highest BCUT2D eigenvalue weighted by Crippen LogP contribution is 2.19. The van der Waals surface area contributed by atoms with Gasteiger partial charge in [0.25, 0.3) is 5.91 Å². The number of carboxylic acid groups (broad SMARTS) is 1. The van der Waals surface area contributed by atoms with Crippen LogP contribution in [0.1, 0.15) is 36.3 Å². The van der Waals surface area contributed by atoms with Crippen LogP contribution in [0.25, 0.3) is 5.69 Å². The number of benzene rings is 1. The fourth-order valence-corrected chi connectivity index (χ4v) is 2.69. The number of amides is 1. The van der Waals surface area contributed by atoms with Crippen LogP contribution in [0, 0.1) is 6.92 Å². The van der Waals surface area contributed by atoms with Crippen LogP contribution in [0.2, 0.25) is 0 Å². The van der Waals surface area contributed by atoms with E-state index in [4.69, 9.17) is 5.11 Å². The van der Waals surface area contributed by atoms with Crippen molar-refractivity contribution in [2.75, 3.05) is 6.54 Å². The number of aliphatic carboxylic acids is 1. The van der Waals surface area contributed by atoms with E-state index >= 15 is 0 Å². The summed E-state index contributed by atoms with van der Waals surface area (Å²) in [5, 5.41) is 13.2. The number of halogens is 1. The van der Waals surface area contributed by atoms with Gasteiger partial charge in [0.1, 0.15) is 0 Å². The molecule has 1 amide bonds. The lowest BCUT2D eigenvalue weighted by Gasteiger charge is -2.26. The van der Waals surface area contributed by atoms with Gasteiger partial charge in [-0.15, -0.1) is 0 Å². The fourth-order valence-electron chi connectivity index (χ4n) is 2.43. The molecule has 0 saturated heterocycles. The van der Waals surface area contributed by atoms with Gasteiger partial charge in [-0.1, -0.05) is 15.9 Å². The van der Waals surface area contributed by atoms with Gasteiger partial charge in [-0.2, -0.15) is 5.10 Å². The molecule has 0 unspecified atom stereocenters. The van der Waals surface area contributed by atoms with Crippen LogP contribution in [0.4, 0.5) is 0 Å². The Morgan fingerprint density at radius 3 is 2.46 bits per heavy atom. The summed E-state index contributed by atoms with van der Waals surface area (Å²) in [5.41, 5.74) is 2.07. The molecule has 0 aliphatic carbocycles. The van der Waals surface area contributed by atoms with Crippen LogP contribution in [-0.4, -0.2) is 44.3 Å². The highest BCUT2D eigenvalue weighted by Gasteiger charge is 2.23. The molecule has 0 spiro atoms. The van der Waals surface area contributed by atoms with Crippen molar-refractivity contribution in [2.45, 2.75) is 33.2 Å². The molecule has 128 valence electrons. The van der Waals surface area contributed by atoms with E-state index in [2.05, 4.69) is 21.0 Å². The van der Waals surface area contributed by atoms with Crippen molar-refractivity contribution < 1.29 is 14.7 Å². The quantitative estimate of drug-likeness (QED) is 0.816. The molecule has 0 aliphatic rings. The summed E-state index contributed by atoms with van der Waals surface area (Å²) in [7, 11) is 0. The summed E-state index contributed by atoms with van der Waals surface area (Å²) >= 11 is 3.39. The third-order valence-corrected chi connectivity index (χ3v) is 4.29. The molecule has 0 fully saturated rings. The Labute approximate surface area is 149 Å². The van der Waals surface area contributed by atoms with Gasteiger partial charge >= 0.3 is 5.97 Å². The Morgan fingerprint density at radius 2 is 1.92 bits per heavy atom. The zero-order valence-corrected chi connectivity index (χ0v) is 15.4. The van der Waals surface area contributed by atoms with Gasteiger partial charge in [0.15, 0.2) is 0 Å². The Balaban J connectivity index is 2.29.